The number of rotatable bonds is 4. The molecule has 0 spiro atoms. The number of aromatic nitrogens is 1. The summed E-state index contributed by atoms with van der Waals surface area (Å²) in [5, 5.41) is 13.4. The van der Waals surface area contributed by atoms with Gasteiger partial charge in [0.25, 0.3) is 0 Å². The van der Waals surface area contributed by atoms with Gasteiger partial charge < -0.3 is 4.42 Å². The second kappa shape index (κ2) is 12.5. The van der Waals surface area contributed by atoms with Crippen molar-refractivity contribution in [3.05, 3.63) is 200 Å². The lowest BCUT2D eigenvalue weighted by Crippen LogP contribution is -1.89. The van der Waals surface area contributed by atoms with Gasteiger partial charge in [-0.2, -0.15) is 0 Å². The highest BCUT2D eigenvalue weighted by molar-refractivity contribution is 6.26. The Labute approximate surface area is 328 Å². The molecular formula is C55H33NO. The van der Waals surface area contributed by atoms with Crippen LogP contribution in [-0.2, 0) is 0 Å². The Morgan fingerprint density at radius 3 is 1.53 bits per heavy atom. The lowest BCUT2D eigenvalue weighted by molar-refractivity contribution is 0.669. The maximum Gasteiger partial charge on any atom is 0.135 e. The van der Waals surface area contributed by atoms with E-state index in [1.54, 1.807) is 0 Å². The molecule has 0 unspecified atom stereocenters. The van der Waals surface area contributed by atoms with Crippen molar-refractivity contribution in [2.75, 3.05) is 0 Å². The van der Waals surface area contributed by atoms with Gasteiger partial charge in [0.1, 0.15) is 11.2 Å². The van der Waals surface area contributed by atoms with E-state index in [4.69, 9.17) is 9.40 Å². The molecule has 0 radical (unpaired) electrons. The molecule has 0 saturated heterocycles. The maximum atomic E-state index is 6.44. The van der Waals surface area contributed by atoms with Gasteiger partial charge in [-0.05, 0) is 114 Å². The Bertz CT molecular complexity index is 3540. The zero-order valence-corrected chi connectivity index (χ0v) is 30.9. The first-order valence-electron chi connectivity index (χ1n) is 19.5. The predicted molar refractivity (Wildman–Crippen MR) is 241 cm³/mol. The van der Waals surface area contributed by atoms with Crippen molar-refractivity contribution in [2.45, 2.75) is 0 Å². The SMILES string of the molecule is c1ccc(-c2ccc3ccc4cccc(-c5ccc6oc7ccc(-c8cccc(-c9ccc%10c%11ccccc%11c%11ccccc%11c%10c9)c8)cc7c6c5)c4c3n2)cc1. The van der Waals surface area contributed by atoms with Crippen molar-refractivity contribution in [1.82, 2.24) is 4.98 Å². The average Bonchev–Trinajstić information content (AvgIpc) is 3.66. The molecule has 57 heavy (non-hydrogen) atoms. The highest BCUT2D eigenvalue weighted by Crippen LogP contribution is 2.41. The topological polar surface area (TPSA) is 26.0 Å². The minimum atomic E-state index is 0.880. The van der Waals surface area contributed by atoms with Crippen molar-refractivity contribution >= 4 is 75.9 Å². The summed E-state index contributed by atoms with van der Waals surface area (Å²) in [5.74, 6) is 0. The lowest BCUT2D eigenvalue weighted by Gasteiger charge is -2.12. The molecule has 0 fully saturated rings. The van der Waals surface area contributed by atoms with Crippen LogP contribution in [0, 0.1) is 0 Å². The number of nitrogens with zero attached hydrogens (tertiary/aromatic N) is 1. The van der Waals surface area contributed by atoms with Gasteiger partial charge in [0, 0.05) is 27.1 Å². The van der Waals surface area contributed by atoms with Crippen LogP contribution in [0.3, 0.4) is 0 Å². The van der Waals surface area contributed by atoms with Crippen LogP contribution < -0.4 is 0 Å². The van der Waals surface area contributed by atoms with Gasteiger partial charge in [-0.1, -0.05) is 158 Å². The molecule has 0 aliphatic rings. The summed E-state index contributed by atoms with van der Waals surface area (Å²) >= 11 is 0. The maximum absolute atomic E-state index is 6.44. The van der Waals surface area contributed by atoms with E-state index in [-0.39, 0.29) is 0 Å². The Hall–Kier alpha value is -7.55. The molecule has 0 aliphatic heterocycles. The number of benzene rings is 10. The summed E-state index contributed by atoms with van der Waals surface area (Å²) in [4.78, 5) is 5.26. The van der Waals surface area contributed by atoms with E-state index in [0.717, 1.165) is 66.2 Å². The standard InChI is InChI=1S/C55H33NO/c1-2-10-34(11-3-1)51-27-23-36-21-20-35-12-9-19-42(54(35)55(36)56-51)41-25-29-53-50(33-41)49-32-40(24-28-52(49)57-53)38-14-8-13-37(30-38)39-22-26-47-45-17-5-4-15-43(45)44-16-6-7-18-46(44)48(47)31-39/h1-33H. The fraction of sp³-hybridized carbons (Fsp3) is 0. The minimum absolute atomic E-state index is 0.880. The molecule has 0 amide bonds. The van der Waals surface area contributed by atoms with Gasteiger partial charge in [0.15, 0.2) is 0 Å². The molecule has 0 aliphatic carbocycles. The van der Waals surface area contributed by atoms with E-state index in [1.165, 1.54) is 54.4 Å². The van der Waals surface area contributed by atoms with Gasteiger partial charge in [0.2, 0.25) is 0 Å². The molecule has 2 heteroatoms. The smallest absolute Gasteiger partial charge is 0.135 e. The first-order chi connectivity index (χ1) is 28.2. The average molecular weight is 724 g/mol. The van der Waals surface area contributed by atoms with E-state index < -0.39 is 0 Å². The highest BCUT2D eigenvalue weighted by atomic mass is 16.3. The van der Waals surface area contributed by atoms with Gasteiger partial charge in [-0.15, -0.1) is 0 Å². The van der Waals surface area contributed by atoms with E-state index >= 15 is 0 Å². The molecule has 2 heterocycles. The van der Waals surface area contributed by atoms with Crippen LogP contribution in [0.5, 0.6) is 0 Å². The van der Waals surface area contributed by atoms with Gasteiger partial charge in [0.05, 0.1) is 11.2 Å². The van der Waals surface area contributed by atoms with Crippen LogP contribution >= 0.6 is 0 Å². The number of furan rings is 1. The first-order valence-corrected chi connectivity index (χ1v) is 19.5. The largest absolute Gasteiger partial charge is 0.456 e. The Morgan fingerprint density at radius 2 is 0.807 bits per heavy atom. The highest BCUT2D eigenvalue weighted by Gasteiger charge is 2.15. The molecule has 0 N–H and O–H groups in total. The first kappa shape index (κ1) is 31.8. The Morgan fingerprint density at radius 1 is 0.298 bits per heavy atom. The number of hydrogen-bond acceptors (Lipinski definition) is 2. The summed E-state index contributed by atoms with van der Waals surface area (Å²) in [6.07, 6.45) is 0. The van der Waals surface area contributed by atoms with Crippen molar-refractivity contribution in [3.63, 3.8) is 0 Å². The molecule has 0 atom stereocenters. The van der Waals surface area contributed by atoms with E-state index in [1.807, 2.05) is 6.07 Å². The van der Waals surface area contributed by atoms with Gasteiger partial charge >= 0.3 is 0 Å². The third-order valence-electron chi connectivity index (χ3n) is 11.8. The molecule has 0 saturated carbocycles. The third kappa shape index (κ3) is 5.08. The van der Waals surface area contributed by atoms with Gasteiger partial charge in [-0.3, -0.25) is 0 Å². The molecule has 2 aromatic heterocycles. The monoisotopic (exact) mass is 723 g/mol. The Kier molecular flexibility index (Phi) is 6.96. The van der Waals surface area contributed by atoms with Crippen LogP contribution in [0.1, 0.15) is 0 Å². The van der Waals surface area contributed by atoms with Crippen molar-refractivity contribution in [1.29, 1.82) is 0 Å². The summed E-state index contributed by atoms with van der Waals surface area (Å²) in [6.45, 7) is 0. The summed E-state index contributed by atoms with van der Waals surface area (Å²) in [6, 6.07) is 72.2. The van der Waals surface area contributed by atoms with Crippen molar-refractivity contribution in [2.24, 2.45) is 0 Å². The lowest BCUT2D eigenvalue weighted by atomic mass is 9.91. The summed E-state index contributed by atoms with van der Waals surface area (Å²) in [5.41, 5.74) is 11.9. The van der Waals surface area contributed by atoms with Crippen LogP contribution in [-0.4, -0.2) is 4.98 Å². The second-order valence-corrected chi connectivity index (χ2v) is 15.1. The molecule has 12 rings (SSSR count). The fourth-order valence-corrected chi connectivity index (χ4v) is 9.06. The van der Waals surface area contributed by atoms with Crippen LogP contribution in [0.15, 0.2) is 205 Å². The zero-order chi connectivity index (χ0) is 37.5. The third-order valence-corrected chi connectivity index (χ3v) is 11.8. The van der Waals surface area contributed by atoms with Gasteiger partial charge in [-0.25, -0.2) is 4.98 Å². The predicted octanol–water partition coefficient (Wildman–Crippen LogP) is 15.4. The number of fused-ring (bicyclic) bond motifs is 12. The van der Waals surface area contributed by atoms with Crippen molar-refractivity contribution < 1.29 is 4.42 Å². The number of pyridine rings is 1. The fourth-order valence-electron chi connectivity index (χ4n) is 9.06. The quantitative estimate of drug-likeness (QED) is 0.169. The van der Waals surface area contributed by atoms with Crippen LogP contribution in [0.25, 0.3) is 121 Å². The molecule has 12 aromatic rings. The second-order valence-electron chi connectivity index (χ2n) is 15.1. The molecular weight excluding hydrogens is 691 g/mol. The number of hydrogen-bond donors (Lipinski definition) is 0. The molecule has 0 bridgehead atoms. The van der Waals surface area contributed by atoms with E-state index in [9.17, 15) is 0 Å². The summed E-state index contributed by atoms with van der Waals surface area (Å²) in [7, 11) is 0. The zero-order valence-electron chi connectivity index (χ0n) is 30.9. The normalized spacial score (nSPS) is 11.9. The Balaban J connectivity index is 0.973. The van der Waals surface area contributed by atoms with Crippen molar-refractivity contribution in [3.8, 4) is 44.6 Å². The molecule has 10 aromatic carbocycles. The van der Waals surface area contributed by atoms with E-state index in [0.29, 0.717) is 0 Å². The van der Waals surface area contributed by atoms with Crippen LogP contribution in [0.4, 0.5) is 0 Å². The molecule has 264 valence electrons. The summed E-state index contributed by atoms with van der Waals surface area (Å²) < 4.78 is 6.44. The molecule has 2 nitrogen and oxygen atoms in total. The van der Waals surface area contributed by atoms with E-state index in [2.05, 4.69) is 194 Å². The minimum Gasteiger partial charge on any atom is -0.456 e. The van der Waals surface area contributed by atoms with Crippen LogP contribution in [0.2, 0.25) is 0 Å².